The van der Waals surface area contributed by atoms with E-state index in [0.29, 0.717) is 6.42 Å². The SMILES string of the molecule is CC(NC(=O)CC1CCCN1)c1cccc([N+](=O)[O-])c1. The van der Waals surface area contributed by atoms with Crippen molar-refractivity contribution in [1.29, 1.82) is 0 Å². The molecule has 0 radical (unpaired) electrons. The van der Waals surface area contributed by atoms with Gasteiger partial charge in [-0.3, -0.25) is 14.9 Å². The van der Waals surface area contributed by atoms with Crippen molar-refractivity contribution in [1.82, 2.24) is 10.6 Å². The Morgan fingerprint density at radius 2 is 2.40 bits per heavy atom. The second kappa shape index (κ2) is 6.47. The zero-order valence-electron chi connectivity index (χ0n) is 11.5. The molecule has 0 spiro atoms. The van der Waals surface area contributed by atoms with Crippen molar-refractivity contribution < 1.29 is 9.72 Å². The van der Waals surface area contributed by atoms with Gasteiger partial charge in [0.05, 0.1) is 11.0 Å². The molecule has 0 saturated carbocycles. The summed E-state index contributed by atoms with van der Waals surface area (Å²) in [6.45, 7) is 2.80. The normalized spacial score (nSPS) is 19.6. The highest BCUT2D eigenvalue weighted by Crippen LogP contribution is 2.19. The van der Waals surface area contributed by atoms with Gasteiger partial charge in [0.15, 0.2) is 0 Å². The predicted molar refractivity (Wildman–Crippen MR) is 75.3 cm³/mol. The fraction of sp³-hybridized carbons (Fsp3) is 0.500. The van der Waals surface area contributed by atoms with E-state index in [4.69, 9.17) is 0 Å². The zero-order chi connectivity index (χ0) is 14.5. The summed E-state index contributed by atoms with van der Waals surface area (Å²) in [5.41, 5.74) is 0.785. The highest BCUT2D eigenvalue weighted by molar-refractivity contribution is 5.77. The van der Waals surface area contributed by atoms with E-state index >= 15 is 0 Å². The first-order valence-electron chi connectivity index (χ1n) is 6.83. The van der Waals surface area contributed by atoms with E-state index in [9.17, 15) is 14.9 Å². The molecule has 1 aromatic rings. The van der Waals surface area contributed by atoms with Gasteiger partial charge in [-0.1, -0.05) is 12.1 Å². The van der Waals surface area contributed by atoms with Gasteiger partial charge in [-0.25, -0.2) is 0 Å². The van der Waals surface area contributed by atoms with E-state index in [0.717, 1.165) is 24.9 Å². The summed E-state index contributed by atoms with van der Waals surface area (Å²) >= 11 is 0. The Labute approximate surface area is 117 Å². The van der Waals surface area contributed by atoms with Crippen molar-refractivity contribution in [3.8, 4) is 0 Å². The van der Waals surface area contributed by atoms with Crippen LogP contribution in [-0.4, -0.2) is 23.4 Å². The van der Waals surface area contributed by atoms with Gasteiger partial charge in [0.2, 0.25) is 5.91 Å². The summed E-state index contributed by atoms with van der Waals surface area (Å²) in [6.07, 6.45) is 2.59. The van der Waals surface area contributed by atoms with E-state index < -0.39 is 4.92 Å². The molecule has 1 saturated heterocycles. The number of nitro benzene ring substituents is 1. The van der Waals surface area contributed by atoms with E-state index in [1.54, 1.807) is 12.1 Å². The third-order valence-electron chi connectivity index (χ3n) is 3.55. The minimum Gasteiger partial charge on any atom is -0.350 e. The van der Waals surface area contributed by atoms with Gasteiger partial charge in [-0.15, -0.1) is 0 Å². The number of benzene rings is 1. The Kier molecular flexibility index (Phi) is 4.68. The standard InChI is InChI=1S/C14H19N3O3/c1-10(11-4-2-6-13(8-11)17(19)20)16-14(18)9-12-5-3-7-15-12/h2,4,6,8,10,12,15H,3,5,7,9H2,1H3,(H,16,18). The van der Waals surface area contributed by atoms with Crippen LogP contribution in [0.25, 0.3) is 0 Å². The molecule has 0 aromatic heterocycles. The molecule has 1 aliphatic heterocycles. The summed E-state index contributed by atoms with van der Waals surface area (Å²) in [5, 5.41) is 16.9. The zero-order valence-corrected chi connectivity index (χ0v) is 11.5. The van der Waals surface area contributed by atoms with Gasteiger partial charge in [0, 0.05) is 24.6 Å². The highest BCUT2D eigenvalue weighted by atomic mass is 16.6. The summed E-state index contributed by atoms with van der Waals surface area (Å²) in [4.78, 5) is 22.2. The molecule has 2 atom stereocenters. The molecule has 6 nitrogen and oxygen atoms in total. The maximum absolute atomic E-state index is 11.9. The number of carbonyl (C=O) groups excluding carboxylic acids is 1. The van der Waals surface area contributed by atoms with Gasteiger partial charge in [0.25, 0.3) is 5.69 Å². The Bertz CT molecular complexity index is 498. The van der Waals surface area contributed by atoms with Crippen LogP contribution in [0.1, 0.15) is 37.8 Å². The first-order valence-corrected chi connectivity index (χ1v) is 6.83. The molecule has 0 bridgehead atoms. The molecule has 1 amide bonds. The molecule has 6 heteroatoms. The van der Waals surface area contributed by atoms with Crippen LogP contribution in [-0.2, 0) is 4.79 Å². The minimum atomic E-state index is -0.430. The maximum atomic E-state index is 11.9. The van der Waals surface area contributed by atoms with Gasteiger partial charge >= 0.3 is 0 Å². The monoisotopic (exact) mass is 277 g/mol. The Balaban J connectivity index is 1.93. The van der Waals surface area contributed by atoms with Crippen LogP contribution in [0.15, 0.2) is 24.3 Å². The molecule has 1 aromatic carbocycles. The summed E-state index contributed by atoms with van der Waals surface area (Å²) in [7, 11) is 0. The molecule has 2 N–H and O–H groups in total. The highest BCUT2D eigenvalue weighted by Gasteiger charge is 2.19. The first-order chi connectivity index (χ1) is 9.56. The number of rotatable bonds is 5. The molecule has 0 aliphatic carbocycles. The second-order valence-corrected chi connectivity index (χ2v) is 5.14. The number of hydrogen-bond acceptors (Lipinski definition) is 4. The largest absolute Gasteiger partial charge is 0.350 e. The van der Waals surface area contributed by atoms with E-state index in [1.165, 1.54) is 12.1 Å². The Hall–Kier alpha value is -1.95. The molecule has 20 heavy (non-hydrogen) atoms. The van der Waals surface area contributed by atoms with Gasteiger partial charge in [0.1, 0.15) is 0 Å². The van der Waals surface area contributed by atoms with Crippen LogP contribution in [0.5, 0.6) is 0 Å². The van der Waals surface area contributed by atoms with Crippen molar-refractivity contribution in [3.05, 3.63) is 39.9 Å². The van der Waals surface area contributed by atoms with Gasteiger partial charge in [-0.2, -0.15) is 0 Å². The summed E-state index contributed by atoms with van der Waals surface area (Å²) in [5.74, 6) is -0.0246. The van der Waals surface area contributed by atoms with Crippen LogP contribution in [0, 0.1) is 10.1 Å². The number of amides is 1. The maximum Gasteiger partial charge on any atom is 0.269 e. The van der Waals surface area contributed by atoms with Crippen molar-refractivity contribution in [3.63, 3.8) is 0 Å². The van der Waals surface area contributed by atoms with Crippen LogP contribution in [0.2, 0.25) is 0 Å². The molecular weight excluding hydrogens is 258 g/mol. The van der Waals surface area contributed by atoms with Crippen LogP contribution >= 0.6 is 0 Å². The topological polar surface area (TPSA) is 84.3 Å². The fourth-order valence-corrected chi connectivity index (χ4v) is 2.45. The third kappa shape index (κ3) is 3.77. The smallest absolute Gasteiger partial charge is 0.269 e. The van der Waals surface area contributed by atoms with Crippen molar-refractivity contribution in [2.45, 2.75) is 38.3 Å². The van der Waals surface area contributed by atoms with Crippen molar-refractivity contribution >= 4 is 11.6 Å². The van der Waals surface area contributed by atoms with E-state index in [2.05, 4.69) is 10.6 Å². The molecular formula is C14H19N3O3. The average Bonchev–Trinajstić information content (AvgIpc) is 2.91. The van der Waals surface area contributed by atoms with Crippen LogP contribution in [0.3, 0.4) is 0 Å². The number of carbonyl (C=O) groups is 1. The quantitative estimate of drug-likeness (QED) is 0.636. The Morgan fingerprint density at radius 3 is 3.05 bits per heavy atom. The number of hydrogen-bond donors (Lipinski definition) is 2. The molecule has 1 fully saturated rings. The molecule has 1 aliphatic rings. The summed E-state index contributed by atoms with van der Waals surface area (Å²) in [6, 6.07) is 6.38. The molecule has 108 valence electrons. The van der Waals surface area contributed by atoms with Crippen LogP contribution in [0.4, 0.5) is 5.69 Å². The van der Waals surface area contributed by atoms with Crippen molar-refractivity contribution in [2.24, 2.45) is 0 Å². The number of nitro groups is 1. The number of nitrogens with one attached hydrogen (secondary N) is 2. The lowest BCUT2D eigenvalue weighted by atomic mass is 10.1. The first kappa shape index (κ1) is 14.5. The summed E-state index contributed by atoms with van der Waals surface area (Å²) < 4.78 is 0. The lowest BCUT2D eigenvalue weighted by Gasteiger charge is -2.16. The van der Waals surface area contributed by atoms with Gasteiger partial charge < -0.3 is 10.6 Å². The Morgan fingerprint density at radius 1 is 1.60 bits per heavy atom. The van der Waals surface area contributed by atoms with Crippen LogP contribution < -0.4 is 10.6 Å². The molecule has 2 unspecified atom stereocenters. The van der Waals surface area contributed by atoms with E-state index in [-0.39, 0.29) is 23.7 Å². The number of non-ortho nitro benzene ring substituents is 1. The van der Waals surface area contributed by atoms with E-state index in [1.807, 2.05) is 6.92 Å². The average molecular weight is 277 g/mol. The molecule has 1 heterocycles. The predicted octanol–water partition coefficient (Wildman–Crippen LogP) is 1.91. The lowest BCUT2D eigenvalue weighted by Crippen LogP contribution is -2.33. The fourth-order valence-electron chi connectivity index (χ4n) is 2.45. The van der Waals surface area contributed by atoms with Crippen molar-refractivity contribution in [2.75, 3.05) is 6.54 Å². The van der Waals surface area contributed by atoms with Gasteiger partial charge in [-0.05, 0) is 31.9 Å². The number of nitrogens with zero attached hydrogens (tertiary/aromatic N) is 1. The second-order valence-electron chi connectivity index (χ2n) is 5.14. The third-order valence-corrected chi connectivity index (χ3v) is 3.55. The minimum absolute atomic E-state index is 0.0246. The lowest BCUT2D eigenvalue weighted by molar-refractivity contribution is -0.384. The molecule has 2 rings (SSSR count).